The summed E-state index contributed by atoms with van der Waals surface area (Å²) in [6, 6.07) is 18.3. The van der Waals surface area contributed by atoms with Crippen LogP contribution in [0.4, 0.5) is 13.2 Å². The number of amides is 1. The monoisotopic (exact) mass is 514 g/mol. The summed E-state index contributed by atoms with van der Waals surface area (Å²) in [6.45, 7) is 0.591. The molecule has 9 heteroatoms. The molecule has 1 amide bonds. The second kappa shape index (κ2) is 11.1. The van der Waals surface area contributed by atoms with Crippen LogP contribution in [0.3, 0.4) is 0 Å². The number of methoxy groups -OCH3 is 2. The van der Waals surface area contributed by atoms with Crippen LogP contribution < -0.4 is 19.9 Å². The maximum atomic E-state index is 12.7. The minimum atomic E-state index is -4.74. The summed E-state index contributed by atoms with van der Waals surface area (Å²) in [5, 5.41) is 0. The molecule has 0 bridgehead atoms. The number of primary amides is 1. The van der Waals surface area contributed by atoms with Gasteiger partial charge in [-0.2, -0.15) is 0 Å². The second-order valence-corrected chi connectivity index (χ2v) is 8.86. The molecular formula is C28H29F3N2O4. The minimum absolute atomic E-state index is 0.202. The number of benzene rings is 3. The quantitative estimate of drug-likeness (QED) is 0.416. The Kier molecular flexibility index (Phi) is 7.92. The van der Waals surface area contributed by atoms with E-state index in [1.54, 1.807) is 26.4 Å². The number of alkyl halides is 3. The molecule has 2 N–H and O–H groups in total. The SMILES string of the molecule is COc1cc2c(cc1OC)[C@H](CCc1ccc(OC(F)(F)F)cc1)N(C(C(N)=O)c1ccccc1)CC2. The van der Waals surface area contributed by atoms with Crippen LogP contribution in [-0.4, -0.2) is 37.9 Å². The predicted octanol–water partition coefficient (Wildman–Crippen LogP) is 5.36. The molecule has 0 saturated carbocycles. The van der Waals surface area contributed by atoms with Crippen molar-refractivity contribution in [2.75, 3.05) is 20.8 Å². The highest BCUT2D eigenvalue weighted by atomic mass is 19.4. The zero-order chi connectivity index (χ0) is 26.6. The number of aryl methyl sites for hydroxylation is 1. The van der Waals surface area contributed by atoms with Crippen molar-refractivity contribution in [1.29, 1.82) is 0 Å². The summed E-state index contributed by atoms with van der Waals surface area (Å²) >= 11 is 0. The van der Waals surface area contributed by atoms with E-state index in [-0.39, 0.29) is 11.8 Å². The number of hydrogen-bond acceptors (Lipinski definition) is 5. The molecule has 0 radical (unpaired) electrons. The molecule has 4 rings (SSSR count). The number of nitrogens with zero attached hydrogens (tertiary/aromatic N) is 1. The lowest BCUT2D eigenvalue weighted by molar-refractivity contribution is -0.274. The van der Waals surface area contributed by atoms with E-state index in [9.17, 15) is 18.0 Å². The lowest BCUT2D eigenvalue weighted by Crippen LogP contribution is -2.44. The van der Waals surface area contributed by atoms with Gasteiger partial charge in [-0.1, -0.05) is 42.5 Å². The van der Waals surface area contributed by atoms with Crippen LogP contribution in [0.5, 0.6) is 17.2 Å². The molecule has 3 aromatic rings. The van der Waals surface area contributed by atoms with E-state index in [1.165, 1.54) is 12.1 Å². The molecule has 0 aliphatic carbocycles. The molecule has 0 fully saturated rings. The number of carbonyl (C=O) groups excluding carboxylic acids is 1. The van der Waals surface area contributed by atoms with Crippen molar-refractivity contribution >= 4 is 5.91 Å². The molecule has 1 unspecified atom stereocenters. The van der Waals surface area contributed by atoms with E-state index in [1.807, 2.05) is 42.5 Å². The van der Waals surface area contributed by atoms with Crippen LogP contribution in [0.15, 0.2) is 66.7 Å². The number of rotatable bonds is 9. The first-order valence-electron chi connectivity index (χ1n) is 11.9. The van der Waals surface area contributed by atoms with Gasteiger partial charge in [0.1, 0.15) is 11.8 Å². The average Bonchev–Trinajstić information content (AvgIpc) is 2.87. The fraction of sp³-hybridized carbons (Fsp3) is 0.321. The van der Waals surface area contributed by atoms with Gasteiger partial charge in [0.25, 0.3) is 0 Å². The van der Waals surface area contributed by atoms with Gasteiger partial charge in [0.15, 0.2) is 11.5 Å². The molecule has 1 aliphatic heterocycles. The second-order valence-electron chi connectivity index (χ2n) is 8.86. The summed E-state index contributed by atoms with van der Waals surface area (Å²) in [5.41, 5.74) is 9.66. The first-order chi connectivity index (χ1) is 17.7. The summed E-state index contributed by atoms with van der Waals surface area (Å²) in [6.07, 6.45) is -2.90. The molecule has 0 saturated heterocycles. The van der Waals surface area contributed by atoms with Crippen molar-refractivity contribution in [3.05, 3.63) is 89.0 Å². The average molecular weight is 515 g/mol. The van der Waals surface area contributed by atoms with Crippen molar-refractivity contribution in [3.8, 4) is 17.2 Å². The van der Waals surface area contributed by atoms with Gasteiger partial charge in [0.05, 0.1) is 14.2 Å². The van der Waals surface area contributed by atoms with Gasteiger partial charge in [-0.25, -0.2) is 0 Å². The molecule has 0 aromatic heterocycles. The van der Waals surface area contributed by atoms with Crippen molar-refractivity contribution in [2.45, 2.75) is 37.7 Å². The van der Waals surface area contributed by atoms with Crippen molar-refractivity contribution in [3.63, 3.8) is 0 Å². The summed E-state index contributed by atoms with van der Waals surface area (Å²) in [5.74, 6) is 0.490. The van der Waals surface area contributed by atoms with E-state index in [0.717, 1.165) is 22.3 Å². The molecule has 1 heterocycles. The maximum Gasteiger partial charge on any atom is 0.573 e. The predicted molar refractivity (Wildman–Crippen MR) is 133 cm³/mol. The Labute approximate surface area is 213 Å². The van der Waals surface area contributed by atoms with Crippen molar-refractivity contribution in [2.24, 2.45) is 5.73 Å². The Morgan fingerprint density at radius 3 is 2.27 bits per heavy atom. The molecule has 37 heavy (non-hydrogen) atoms. The number of carbonyl (C=O) groups is 1. The summed E-state index contributed by atoms with van der Waals surface area (Å²) < 4.78 is 52.6. The molecule has 196 valence electrons. The molecule has 3 aromatic carbocycles. The van der Waals surface area contributed by atoms with Gasteiger partial charge in [0.2, 0.25) is 5.91 Å². The number of fused-ring (bicyclic) bond motifs is 1. The van der Waals surface area contributed by atoms with Crippen LogP contribution in [0.1, 0.15) is 40.8 Å². The third kappa shape index (κ3) is 6.17. The smallest absolute Gasteiger partial charge is 0.493 e. The number of ether oxygens (including phenoxy) is 3. The first-order valence-corrected chi connectivity index (χ1v) is 11.9. The van der Waals surface area contributed by atoms with Crippen LogP contribution >= 0.6 is 0 Å². The minimum Gasteiger partial charge on any atom is -0.493 e. The van der Waals surface area contributed by atoms with Gasteiger partial charge in [0, 0.05) is 12.6 Å². The fourth-order valence-electron chi connectivity index (χ4n) is 4.99. The van der Waals surface area contributed by atoms with Gasteiger partial charge in [-0.15, -0.1) is 13.2 Å². The Morgan fingerprint density at radius 2 is 1.68 bits per heavy atom. The topological polar surface area (TPSA) is 74.0 Å². The zero-order valence-corrected chi connectivity index (χ0v) is 20.6. The molecule has 1 aliphatic rings. The standard InChI is InChI=1S/C28H29F3N2O4/c1-35-24-16-20-14-15-33(26(27(32)34)19-6-4-3-5-7-19)23(22(20)17-25(24)36-2)13-10-18-8-11-21(12-9-18)37-28(29,30)31/h3-9,11-12,16-17,23,26H,10,13-15H2,1-2H3,(H2,32,34)/t23-,26?/m0/s1. The largest absolute Gasteiger partial charge is 0.573 e. The van der Waals surface area contributed by atoms with Gasteiger partial charge >= 0.3 is 6.36 Å². The van der Waals surface area contributed by atoms with E-state index in [0.29, 0.717) is 37.3 Å². The Bertz CT molecular complexity index is 1220. The third-order valence-electron chi connectivity index (χ3n) is 6.62. The van der Waals surface area contributed by atoms with Crippen LogP contribution in [0, 0.1) is 0 Å². The Hall–Kier alpha value is -3.72. The van der Waals surface area contributed by atoms with E-state index < -0.39 is 18.3 Å². The van der Waals surface area contributed by atoms with Gasteiger partial charge in [-0.3, -0.25) is 9.69 Å². The number of hydrogen-bond donors (Lipinski definition) is 1. The van der Waals surface area contributed by atoms with Gasteiger partial charge in [-0.05, 0) is 65.8 Å². The van der Waals surface area contributed by atoms with Crippen LogP contribution in [0.25, 0.3) is 0 Å². The highest BCUT2D eigenvalue weighted by molar-refractivity contribution is 5.81. The third-order valence-corrected chi connectivity index (χ3v) is 6.62. The van der Waals surface area contributed by atoms with Crippen molar-refractivity contribution in [1.82, 2.24) is 4.90 Å². The summed E-state index contributed by atoms with van der Waals surface area (Å²) in [4.78, 5) is 14.8. The van der Waals surface area contributed by atoms with Crippen LogP contribution in [-0.2, 0) is 17.6 Å². The highest BCUT2D eigenvalue weighted by Gasteiger charge is 2.36. The molecule has 0 spiro atoms. The van der Waals surface area contributed by atoms with Crippen LogP contribution in [0.2, 0.25) is 0 Å². The maximum absolute atomic E-state index is 12.7. The summed E-state index contributed by atoms with van der Waals surface area (Å²) in [7, 11) is 3.15. The number of halogens is 3. The zero-order valence-electron chi connectivity index (χ0n) is 20.6. The lowest BCUT2D eigenvalue weighted by atomic mass is 9.86. The molecule has 6 nitrogen and oxygen atoms in total. The molecule has 2 atom stereocenters. The Balaban J connectivity index is 1.68. The first kappa shape index (κ1) is 26.3. The van der Waals surface area contributed by atoms with Gasteiger partial charge < -0.3 is 19.9 Å². The highest BCUT2D eigenvalue weighted by Crippen LogP contribution is 2.43. The Morgan fingerprint density at radius 1 is 1.03 bits per heavy atom. The van der Waals surface area contributed by atoms with Crippen molar-refractivity contribution < 1.29 is 32.2 Å². The normalized spacial score (nSPS) is 16.5. The number of nitrogens with two attached hydrogens (primary N) is 1. The van der Waals surface area contributed by atoms with E-state index in [4.69, 9.17) is 15.2 Å². The lowest BCUT2D eigenvalue weighted by Gasteiger charge is -2.41. The fourth-order valence-corrected chi connectivity index (χ4v) is 4.99. The van der Waals surface area contributed by atoms with E-state index >= 15 is 0 Å². The van der Waals surface area contributed by atoms with E-state index in [2.05, 4.69) is 9.64 Å². The molecular weight excluding hydrogens is 485 g/mol.